The van der Waals surface area contributed by atoms with Crippen molar-refractivity contribution in [1.82, 2.24) is 19.6 Å². The van der Waals surface area contributed by atoms with Gasteiger partial charge in [-0.25, -0.2) is 0 Å². The van der Waals surface area contributed by atoms with Crippen molar-refractivity contribution in [3.05, 3.63) is 39.4 Å². The van der Waals surface area contributed by atoms with Gasteiger partial charge in [-0.3, -0.25) is 0 Å². The molecule has 3 rings (SSSR count). The van der Waals surface area contributed by atoms with E-state index in [-0.39, 0.29) is 0 Å². The van der Waals surface area contributed by atoms with E-state index in [1.54, 1.807) is 15.9 Å². The molecule has 0 N–H and O–H groups in total. The van der Waals surface area contributed by atoms with E-state index in [0.29, 0.717) is 10.9 Å². The average molecular weight is 308 g/mol. The van der Waals surface area contributed by atoms with Gasteiger partial charge in [0.05, 0.1) is 6.54 Å². The number of rotatable bonds is 4. The summed E-state index contributed by atoms with van der Waals surface area (Å²) in [5.74, 6) is 1.48. The highest BCUT2D eigenvalue weighted by Crippen LogP contribution is 2.27. The quantitative estimate of drug-likeness (QED) is 0.695. The highest BCUT2D eigenvalue weighted by atomic mass is 35.5. The van der Waals surface area contributed by atoms with Gasteiger partial charge in [-0.05, 0) is 25.3 Å². The van der Waals surface area contributed by atoms with E-state index < -0.39 is 0 Å². The Morgan fingerprint density at radius 1 is 1.45 bits per heavy atom. The summed E-state index contributed by atoms with van der Waals surface area (Å²) in [7, 11) is 0. The summed E-state index contributed by atoms with van der Waals surface area (Å²) in [6, 6.07) is 4.19. The van der Waals surface area contributed by atoms with E-state index in [1.165, 1.54) is 11.2 Å². The molecule has 0 radical (unpaired) electrons. The van der Waals surface area contributed by atoms with Gasteiger partial charge in [0.15, 0.2) is 0 Å². The lowest BCUT2D eigenvalue weighted by Gasteiger charge is -2.24. The molecule has 3 heterocycles. The molecule has 7 heteroatoms. The van der Waals surface area contributed by atoms with Crippen LogP contribution in [0.1, 0.15) is 17.4 Å². The van der Waals surface area contributed by atoms with E-state index in [1.807, 2.05) is 6.92 Å². The van der Waals surface area contributed by atoms with Gasteiger partial charge in [-0.15, -0.1) is 11.3 Å². The van der Waals surface area contributed by atoms with Crippen molar-refractivity contribution < 1.29 is 0 Å². The largest absolute Gasteiger partial charge is 0.351 e. The summed E-state index contributed by atoms with van der Waals surface area (Å²) in [5, 5.41) is 6.83. The van der Waals surface area contributed by atoms with Crippen LogP contribution >= 0.6 is 22.9 Å². The molecule has 0 aliphatic heterocycles. The van der Waals surface area contributed by atoms with Crippen LogP contribution < -0.4 is 4.90 Å². The first-order valence-corrected chi connectivity index (χ1v) is 7.59. The van der Waals surface area contributed by atoms with Crippen LogP contribution in [0, 0.1) is 6.92 Å². The van der Waals surface area contributed by atoms with Gasteiger partial charge < -0.3 is 4.90 Å². The number of aromatic nitrogens is 4. The zero-order chi connectivity index (χ0) is 14.1. The molecule has 0 saturated carbocycles. The third kappa shape index (κ3) is 2.25. The Hall–Kier alpha value is -1.66. The maximum absolute atomic E-state index is 6.22. The number of thiophene rings is 1. The van der Waals surface area contributed by atoms with Crippen LogP contribution in [0.25, 0.3) is 5.78 Å². The van der Waals surface area contributed by atoms with Crippen LogP contribution in [0.5, 0.6) is 0 Å². The van der Waals surface area contributed by atoms with E-state index >= 15 is 0 Å². The molecule has 0 saturated heterocycles. The number of hydrogen-bond acceptors (Lipinski definition) is 5. The van der Waals surface area contributed by atoms with Gasteiger partial charge in [0, 0.05) is 17.0 Å². The molecule has 3 aromatic rings. The van der Waals surface area contributed by atoms with Crippen molar-refractivity contribution >= 4 is 34.5 Å². The lowest BCUT2D eigenvalue weighted by atomic mass is 10.3. The maximum atomic E-state index is 6.22. The molecule has 0 bridgehead atoms. The standard InChI is InChI=1S/C13H14ClN5S/c1-3-18(7-10-5-4-6-20-10)12-9(2)11(14)17-13-15-8-16-19(12)13/h4-6,8H,3,7H2,1-2H3. The van der Waals surface area contributed by atoms with E-state index in [9.17, 15) is 0 Å². The molecule has 104 valence electrons. The number of anilines is 1. The van der Waals surface area contributed by atoms with Gasteiger partial charge in [-0.1, -0.05) is 17.7 Å². The zero-order valence-corrected chi connectivity index (χ0v) is 12.8. The summed E-state index contributed by atoms with van der Waals surface area (Å²) in [5.41, 5.74) is 0.920. The summed E-state index contributed by atoms with van der Waals surface area (Å²) in [4.78, 5) is 11.9. The number of hydrogen-bond donors (Lipinski definition) is 0. The van der Waals surface area contributed by atoms with Crippen molar-refractivity contribution in [1.29, 1.82) is 0 Å². The Kier molecular flexibility index (Phi) is 3.58. The molecule has 0 amide bonds. The molecular formula is C13H14ClN5S. The van der Waals surface area contributed by atoms with E-state index in [2.05, 4.69) is 44.4 Å². The first kappa shape index (κ1) is 13.3. The van der Waals surface area contributed by atoms with Crippen LogP contribution in [0.4, 0.5) is 5.82 Å². The first-order chi connectivity index (χ1) is 9.70. The highest BCUT2D eigenvalue weighted by Gasteiger charge is 2.17. The van der Waals surface area contributed by atoms with Crippen molar-refractivity contribution in [2.24, 2.45) is 0 Å². The Morgan fingerprint density at radius 3 is 3.00 bits per heavy atom. The van der Waals surface area contributed by atoms with Crippen LogP contribution in [-0.2, 0) is 6.54 Å². The van der Waals surface area contributed by atoms with Crippen LogP contribution in [0.2, 0.25) is 5.15 Å². The van der Waals surface area contributed by atoms with Gasteiger partial charge in [0.2, 0.25) is 0 Å². The van der Waals surface area contributed by atoms with Crippen molar-refractivity contribution in [2.45, 2.75) is 20.4 Å². The Balaban J connectivity index is 2.10. The van der Waals surface area contributed by atoms with Crippen LogP contribution in [0.15, 0.2) is 23.8 Å². The second kappa shape index (κ2) is 5.38. The fourth-order valence-electron chi connectivity index (χ4n) is 2.18. The number of halogens is 1. The summed E-state index contributed by atoms with van der Waals surface area (Å²) >= 11 is 7.96. The normalized spacial score (nSPS) is 11.2. The summed E-state index contributed by atoms with van der Waals surface area (Å²) < 4.78 is 1.75. The molecule has 0 spiro atoms. The topological polar surface area (TPSA) is 46.3 Å². The lowest BCUT2D eigenvalue weighted by molar-refractivity contribution is 0.775. The molecule has 0 fully saturated rings. The number of nitrogens with zero attached hydrogens (tertiary/aromatic N) is 5. The minimum atomic E-state index is 0.477. The lowest BCUT2D eigenvalue weighted by Crippen LogP contribution is -2.25. The average Bonchev–Trinajstić information content (AvgIpc) is 3.09. The minimum Gasteiger partial charge on any atom is -0.351 e. The van der Waals surface area contributed by atoms with Gasteiger partial charge in [0.25, 0.3) is 5.78 Å². The molecule has 3 aromatic heterocycles. The van der Waals surface area contributed by atoms with Crippen molar-refractivity contribution in [3.8, 4) is 0 Å². The molecule has 0 unspecified atom stereocenters. The van der Waals surface area contributed by atoms with Crippen molar-refractivity contribution in [3.63, 3.8) is 0 Å². The minimum absolute atomic E-state index is 0.477. The smallest absolute Gasteiger partial charge is 0.255 e. The fraction of sp³-hybridized carbons (Fsp3) is 0.308. The van der Waals surface area contributed by atoms with Gasteiger partial charge >= 0.3 is 0 Å². The predicted molar refractivity (Wildman–Crippen MR) is 81.6 cm³/mol. The summed E-state index contributed by atoms with van der Waals surface area (Å²) in [6.45, 7) is 5.76. The molecule has 0 aliphatic carbocycles. The second-order valence-corrected chi connectivity index (χ2v) is 5.81. The van der Waals surface area contributed by atoms with Crippen LogP contribution in [-0.4, -0.2) is 26.1 Å². The predicted octanol–water partition coefficient (Wildman–Crippen LogP) is 3.17. The molecule has 20 heavy (non-hydrogen) atoms. The van der Waals surface area contributed by atoms with E-state index in [4.69, 9.17) is 11.6 Å². The highest BCUT2D eigenvalue weighted by molar-refractivity contribution is 7.09. The van der Waals surface area contributed by atoms with Crippen LogP contribution in [0.3, 0.4) is 0 Å². The Labute approximate surface area is 125 Å². The third-order valence-electron chi connectivity index (χ3n) is 3.18. The van der Waals surface area contributed by atoms with E-state index in [0.717, 1.165) is 24.5 Å². The summed E-state index contributed by atoms with van der Waals surface area (Å²) in [6.07, 6.45) is 1.50. The number of fused-ring (bicyclic) bond motifs is 1. The third-order valence-corrected chi connectivity index (χ3v) is 4.41. The fourth-order valence-corrected chi connectivity index (χ4v) is 3.06. The zero-order valence-electron chi connectivity index (χ0n) is 11.2. The molecule has 5 nitrogen and oxygen atoms in total. The van der Waals surface area contributed by atoms with Crippen molar-refractivity contribution in [2.75, 3.05) is 11.4 Å². The monoisotopic (exact) mass is 307 g/mol. The Morgan fingerprint density at radius 2 is 2.30 bits per heavy atom. The first-order valence-electron chi connectivity index (χ1n) is 6.34. The van der Waals surface area contributed by atoms with Gasteiger partial charge in [-0.2, -0.15) is 19.6 Å². The molecule has 0 aromatic carbocycles. The van der Waals surface area contributed by atoms with Gasteiger partial charge in [0.1, 0.15) is 17.3 Å². The maximum Gasteiger partial charge on any atom is 0.255 e. The second-order valence-electron chi connectivity index (χ2n) is 4.42. The molecule has 0 atom stereocenters. The molecular weight excluding hydrogens is 294 g/mol. The molecule has 0 aliphatic rings. The SMILES string of the molecule is CCN(Cc1cccs1)c1c(C)c(Cl)nc2ncnn12. The Bertz CT molecular complexity index is 722.